The van der Waals surface area contributed by atoms with Crippen molar-refractivity contribution in [3.05, 3.63) is 58.1 Å². The molecule has 1 atom stereocenters. The number of nitrogens with zero attached hydrogens (tertiary/aromatic N) is 2. The maximum atomic E-state index is 12.3. The number of halogens is 1. The Morgan fingerprint density at radius 2 is 2.03 bits per heavy atom. The minimum absolute atomic E-state index is 0.0603. The van der Waals surface area contributed by atoms with E-state index >= 15 is 0 Å². The molecule has 0 bridgehead atoms. The molecule has 0 unspecified atom stereocenters. The number of thioether (sulfide) groups is 1. The lowest BCUT2D eigenvalue weighted by Gasteiger charge is -2.17. The number of aryl methyl sites for hydroxylation is 1. The molecule has 1 heterocycles. The summed E-state index contributed by atoms with van der Waals surface area (Å²) in [6, 6.07) is 13.2. The fourth-order valence-electron chi connectivity index (χ4n) is 3.48. The van der Waals surface area contributed by atoms with Crippen LogP contribution in [0.2, 0.25) is 0 Å². The summed E-state index contributed by atoms with van der Waals surface area (Å²) in [5.41, 5.74) is 3.83. The molecule has 31 heavy (non-hydrogen) atoms. The van der Waals surface area contributed by atoms with Gasteiger partial charge in [-0.05, 0) is 67.3 Å². The van der Waals surface area contributed by atoms with Gasteiger partial charge in [0, 0.05) is 22.1 Å². The molecule has 9 heteroatoms. The molecule has 7 nitrogen and oxygen atoms in total. The van der Waals surface area contributed by atoms with Crippen LogP contribution >= 0.6 is 27.7 Å². The van der Waals surface area contributed by atoms with Gasteiger partial charge in [0.1, 0.15) is 11.0 Å². The summed E-state index contributed by atoms with van der Waals surface area (Å²) >= 11 is 4.59. The van der Waals surface area contributed by atoms with E-state index in [9.17, 15) is 9.59 Å². The Bertz CT molecular complexity index is 1070. The molecule has 0 aromatic heterocycles. The smallest absolute Gasteiger partial charge is 0.240 e. The summed E-state index contributed by atoms with van der Waals surface area (Å²) in [6.45, 7) is 0. The number of hydrogen-bond donors (Lipinski definition) is 2. The van der Waals surface area contributed by atoms with Gasteiger partial charge in [-0.2, -0.15) is 5.10 Å². The number of nitrogens with one attached hydrogen (secondary N) is 2. The molecule has 2 aliphatic rings. The van der Waals surface area contributed by atoms with Crippen molar-refractivity contribution < 1.29 is 14.3 Å². The van der Waals surface area contributed by atoms with Crippen molar-refractivity contribution in [1.29, 1.82) is 0 Å². The van der Waals surface area contributed by atoms with Crippen LogP contribution in [0, 0.1) is 0 Å². The highest BCUT2D eigenvalue weighted by atomic mass is 79.9. The van der Waals surface area contributed by atoms with Gasteiger partial charge in [-0.15, -0.1) is 5.10 Å². The number of ether oxygens (including phenoxy) is 1. The topological polar surface area (TPSA) is 92.2 Å². The molecule has 0 radical (unpaired) electrons. The number of carbonyl (C=O) groups is 2. The second-order valence-corrected chi connectivity index (χ2v) is 9.29. The van der Waals surface area contributed by atoms with Crippen molar-refractivity contribution in [2.45, 2.75) is 30.9 Å². The van der Waals surface area contributed by atoms with Gasteiger partial charge in [-0.3, -0.25) is 9.59 Å². The van der Waals surface area contributed by atoms with Gasteiger partial charge in [0.25, 0.3) is 0 Å². The number of amides is 2. The van der Waals surface area contributed by atoms with Gasteiger partial charge in [0.2, 0.25) is 11.8 Å². The number of anilines is 1. The van der Waals surface area contributed by atoms with Crippen LogP contribution in [-0.2, 0) is 16.0 Å². The van der Waals surface area contributed by atoms with E-state index < -0.39 is 5.25 Å². The Morgan fingerprint density at radius 1 is 1.23 bits per heavy atom. The van der Waals surface area contributed by atoms with Crippen molar-refractivity contribution >= 4 is 56.1 Å². The minimum Gasteiger partial charge on any atom is -0.497 e. The van der Waals surface area contributed by atoms with Gasteiger partial charge < -0.3 is 15.4 Å². The highest BCUT2D eigenvalue weighted by molar-refractivity contribution is 9.10. The largest absolute Gasteiger partial charge is 0.497 e. The van der Waals surface area contributed by atoms with E-state index in [1.54, 1.807) is 19.2 Å². The first kappa shape index (κ1) is 21.6. The molecule has 2 aromatic rings. The second kappa shape index (κ2) is 9.65. The van der Waals surface area contributed by atoms with Crippen LogP contribution in [0.15, 0.2) is 57.1 Å². The monoisotopic (exact) mass is 500 g/mol. The summed E-state index contributed by atoms with van der Waals surface area (Å²) in [5, 5.41) is 14.1. The molecule has 1 aliphatic carbocycles. The lowest BCUT2D eigenvalue weighted by Crippen LogP contribution is -2.28. The third kappa shape index (κ3) is 5.34. The maximum absolute atomic E-state index is 12.3. The number of rotatable bonds is 5. The number of benzene rings is 2. The van der Waals surface area contributed by atoms with Crippen LogP contribution in [0.3, 0.4) is 0 Å². The van der Waals surface area contributed by atoms with Crippen molar-refractivity contribution in [3.8, 4) is 5.75 Å². The Labute approximate surface area is 192 Å². The molecular weight excluding hydrogens is 480 g/mol. The van der Waals surface area contributed by atoms with Gasteiger partial charge in [-0.25, -0.2) is 0 Å². The predicted molar refractivity (Wildman–Crippen MR) is 127 cm³/mol. The van der Waals surface area contributed by atoms with Crippen LogP contribution in [0.4, 0.5) is 5.69 Å². The third-order valence-corrected chi connectivity index (χ3v) is 6.62. The zero-order chi connectivity index (χ0) is 21.8. The third-order valence-electron chi connectivity index (χ3n) is 5.02. The molecule has 160 valence electrons. The van der Waals surface area contributed by atoms with E-state index in [2.05, 4.69) is 36.8 Å². The zero-order valence-corrected chi connectivity index (χ0v) is 19.3. The summed E-state index contributed by atoms with van der Waals surface area (Å²) in [6.07, 6.45) is 2.85. The van der Waals surface area contributed by atoms with E-state index in [0.717, 1.165) is 40.8 Å². The molecule has 2 N–H and O–H groups in total. The fraction of sp³-hybridized carbons (Fsp3) is 0.273. The van der Waals surface area contributed by atoms with Gasteiger partial charge >= 0.3 is 0 Å². The standard InChI is InChI=1S/C22H21BrN4O3S/c1-30-16-9-10-17-13(11-16)3-2-4-18(17)26-27-22-25-21(29)19(31-22)12-20(28)24-15-7-5-14(23)6-8-15/h5-11,19H,2-4,12H2,1H3,(H,24,28)(H,25,27,29)/b26-18+/t19-/m1/s1. The Hall–Kier alpha value is -2.65. The van der Waals surface area contributed by atoms with Gasteiger partial charge in [-0.1, -0.05) is 27.7 Å². The van der Waals surface area contributed by atoms with E-state index in [-0.39, 0.29) is 18.2 Å². The highest BCUT2D eigenvalue weighted by Crippen LogP contribution is 2.27. The lowest BCUT2D eigenvalue weighted by molar-refractivity contribution is -0.122. The van der Waals surface area contributed by atoms with Crippen molar-refractivity contribution in [2.24, 2.45) is 10.2 Å². The van der Waals surface area contributed by atoms with Gasteiger partial charge in [0.05, 0.1) is 12.8 Å². The molecule has 4 rings (SSSR count). The molecule has 2 aromatic carbocycles. The molecule has 1 aliphatic heterocycles. The Morgan fingerprint density at radius 3 is 2.81 bits per heavy atom. The van der Waals surface area contributed by atoms with E-state index in [0.29, 0.717) is 10.9 Å². The van der Waals surface area contributed by atoms with Crippen LogP contribution in [-0.4, -0.2) is 35.1 Å². The van der Waals surface area contributed by atoms with Crippen LogP contribution in [0.1, 0.15) is 30.4 Å². The van der Waals surface area contributed by atoms with Crippen molar-refractivity contribution in [1.82, 2.24) is 5.32 Å². The number of fused-ring (bicyclic) bond motifs is 1. The Balaban J connectivity index is 1.40. The second-order valence-electron chi connectivity index (χ2n) is 7.18. The van der Waals surface area contributed by atoms with E-state index in [1.807, 2.05) is 30.3 Å². The molecule has 0 saturated carbocycles. The number of hydrogen-bond acceptors (Lipinski definition) is 6. The number of methoxy groups -OCH3 is 1. The van der Waals surface area contributed by atoms with Crippen molar-refractivity contribution in [3.63, 3.8) is 0 Å². The first-order valence-corrected chi connectivity index (χ1v) is 11.5. The van der Waals surface area contributed by atoms with Crippen LogP contribution in [0.5, 0.6) is 5.75 Å². The molecule has 2 amide bonds. The maximum Gasteiger partial charge on any atom is 0.240 e. The summed E-state index contributed by atoms with van der Waals surface area (Å²) < 4.78 is 6.23. The first-order valence-electron chi connectivity index (χ1n) is 9.86. The average Bonchev–Trinajstić information content (AvgIpc) is 3.12. The normalized spacial score (nSPS) is 20.5. The highest BCUT2D eigenvalue weighted by Gasteiger charge is 2.32. The summed E-state index contributed by atoms with van der Waals surface area (Å²) in [7, 11) is 1.65. The average molecular weight is 501 g/mol. The van der Waals surface area contributed by atoms with E-state index in [1.165, 1.54) is 17.3 Å². The number of carbonyl (C=O) groups excluding carboxylic acids is 2. The van der Waals surface area contributed by atoms with Gasteiger partial charge in [0.15, 0.2) is 5.17 Å². The van der Waals surface area contributed by atoms with Crippen molar-refractivity contribution in [2.75, 3.05) is 12.4 Å². The minimum atomic E-state index is -0.530. The molecule has 0 spiro atoms. The lowest BCUT2D eigenvalue weighted by atomic mass is 9.90. The van der Waals surface area contributed by atoms with E-state index in [4.69, 9.17) is 4.74 Å². The predicted octanol–water partition coefficient (Wildman–Crippen LogP) is 4.11. The SMILES string of the molecule is COc1ccc2c(c1)CCC/C2=N\N=C1\NC(=O)[C@@H](CC(=O)Nc2ccc(Br)cc2)S1. The first-order chi connectivity index (χ1) is 15.0. The van der Waals surface area contributed by atoms with Crippen LogP contribution in [0.25, 0.3) is 0 Å². The summed E-state index contributed by atoms with van der Waals surface area (Å²) in [5.74, 6) is 0.371. The number of amidine groups is 1. The molecule has 1 saturated heterocycles. The zero-order valence-electron chi connectivity index (χ0n) is 16.9. The Kier molecular flexibility index (Phi) is 6.72. The van der Waals surface area contributed by atoms with Crippen LogP contribution < -0.4 is 15.4 Å². The fourth-order valence-corrected chi connectivity index (χ4v) is 4.66. The molecule has 1 fully saturated rings. The quantitative estimate of drug-likeness (QED) is 0.604. The summed E-state index contributed by atoms with van der Waals surface area (Å²) in [4.78, 5) is 24.6. The molecular formula is C22H21BrN4O3S.